The van der Waals surface area contributed by atoms with Crippen molar-refractivity contribution in [1.29, 1.82) is 0 Å². The smallest absolute Gasteiger partial charge is 0.157 e. The van der Waals surface area contributed by atoms with Crippen molar-refractivity contribution >= 4 is 0 Å². The highest BCUT2D eigenvalue weighted by Gasteiger charge is 2.38. The summed E-state index contributed by atoms with van der Waals surface area (Å²) in [6.07, 6.45) is -5.12. The number of aliphatic hydroxyl groups is 3. The lowest BCUT2D eigenvalue weighted by Crippen LogP contribution is -2.58. The van der Waals surface area contributed by atoms with Gasteiger partial charge in [-0.05, 0) is 0 Å². The molecular weight excluding hydrogens is 164 g/mol. The third kappa shape index (κ3) is 1.92. The standard InChI is InChI=1S/C6H14N2O4/c7-6(8)5-4(11)2(9)1-3(10)12-5/h2-6,9-11H,1,7-8H2/t2-,3+,4+,5+/m1/s1. The Morgan fingerprint density at radius 1 is 1.25 bits per heavy atom. The summed E-state index contributed by atoms with van der Waals surface area (Å²) >= 11 is 0. The number of rotatable bonds is 1. The molecule has 1 heterocycles. The first-order valence-corrected chi connectivity index (χ1v) is 3.73. The highest BCUT2D eigenvalue weighted by atomic mass is 16.6. The van der Waals surface area contributed by atoms with Crippen LogP contribution in [0.5, 0.6) is 0 Å². The van der Waals surface area contributed by atoms with Gasteiger partial charge in [-0.2, -0.15) is 0 Å². The Balaban J connectivity index is 2.60. The quantitative estimate of drug-likeness (QED) is 0.274. The van der Waals surface area contributed by atoms with E-state index in [9.17, 15) is 5.11 Å². The molecule has 0 radical (unpaired) electrons. The van der Waals surface area contributed by atoms with E-state index < -0.39 is 30.8 Å². The second-order valence-corrected chi connectivity index (χ2v) is 2.93. The van der Waals surface area contributed by atoms with Crippen molar-refractivity contribution in [2.75, 3.05) is 0 Å². The van der Waals surface area contributed by atoms with Crippen LogP contribution in [0, 0.1) is 0 Å². The summed E-state index contributed by atoms with van der Waals surface area (Å²) in [4.78, 5) is 0. The van der Waals surface area contributed by atoms with Crippen LogP contribution in [0.1, 0.15) is 6.42 Å². The Bertz CT molecular complexity index is 154. The molecule has 72 valence electrons. The van der Waals surface area contributed by atoms with Gasteiger partial charge in [-0.1, -0.05) is 0 Å². The molecule has 4 atom stereocenters. The number of ether oxygens (including phenoxy) is 1. The maximum atomic E-state index is 9.28. The summed E-state index contributed by atoms with van der Waals surface area (Å²) in [7, 11) is 0. The van der Waals surface area contributed by atoms with Crippen molar-refractivity contribution < 1.29 is 20.1 Å². The maximum Gasteiger partial charge on any atom is 0.157 e. The van der Waals surface area contributed by atoms with Crippen LogP contribution >= 0.6 is 0 Å². The predicted octanol–water partition coefficient (Wildman–Crippen LogP) is -2.94. The number of nitrogens with two attached hydrogens (primary N) is 2. The molecule has 1 fully saturated rings. The van der Waals surface area contributed by atoms with Crippen LogP contribution in [0.25, 0.3) is 0 Å². The fourth-order valence-electron chi connectivity index (χ4n) is 1.20. The van der Waals surface area contributed by atoms with Gasteiger partial charge in [-0.15, -0.1) is 0 Å². The van der Waals surface area contributed by atoms with Crippen molar-refractivity contribution in [2.24, 2.45) is 11.5 Å². The molecule has 1 aliphatic heterocycles. The van der Waals surface area contributed by atoms with E-state index in [-0.39, 0.29) is 6.42 Å². The van der Waals surface area contributed by atoms with Crippen LogP contribution < -0.4 is 11.5 Å². The molecule has 12 heavy (non-hydrogen) atoms. The zero-order chi connectivity index (χ0) is 9.30. The molecule has 0 spiro atoms. The summed E-state index contributed by atoms with van der Waals surface area (Å²) < 4.78 is 4.83. The lowest BCUT2D eigenvalue weighted by atomic mass is 10.00. The largest absolute Gasteiger partial charge is 0.390 e. The number of hydrogen-bond acceptors (Lipinski definition) is 6. The summed E-state index contributed by atoms with van der Waals surface area (Å²) in [6, 6.07) is 0. The Labute approximate surface area is 69.7 Å². The topological polar surface area (TPSA) is 122 Å². The zero-order valence-electron chi connectivity index (χ0n) is 6.50. The molecule has 0 aliphatic carbocycles. The second-order valence-electron chi connectivity index (χ2n) is 2.93. The predicted molar refractivity (Wildman–Crippen MR) is 39.7 cm³/mol. The highest BCUT2D eigenvalue weighted by molar-refractivity contribution is 4.86. The maximum absolute atomic E-state index is 9.28. The van der Waals surface area contributed by atoms with E-state index in [4.69, 9.17) is 26.4 Å². The minimum atomic E-state index is -1.13. The molecule has 0 amide bonds. The Morgan fingerprint density at radius 3 is 2.33 bits per heavy atom. The Morgan fingerprint density at radius 2 is 1.83 bits per heavy atom. The Kier molecular flexibility index (Phi) is 2.99. The molecule has 0 saturated carbocycles. The van der Waals surface area contributed by atoms with Crippen molar-refractivity contribution in [3.8, 4) is 0 Å². The lowest BCUT2D eigenvalue weighted by molar-refractivity contribution is -0.236. The average molecular weight is 178 g/mol. The monoisotopic (exact) mass is 178 g/mol. The minimum Gasteiger partial charge on any atom is -0.390 e. The van der Waals surface area contributed by atoms with Crippen molar-refractivity contribution in [2.45, 2.75) is 37.2 Å². The third-order valence-electron chi connectivity index (χ3n) is 1.87. The van der Waals surface area contributed by atoms with Crippen LogP contribution in [0.3, 0.4) is 0 Å². The van der Waals surface area contributed by atoms with Gasteiger partial charge in [0.1, 0.15) is 12.2 Å². The average Bonchev–Trinajstić information content (AvgIpc) is 1.96. The molecule has 7 N–H and O–H groups in total. The van der Waals surface area contributed by atoms with Crippen molar-refractivity contribution in [3.63, 3.8) is 0 Å². The SMILES string of the molecule is NC(N)[C@H]1O[C@H](O)C[C@@H](O)[C@@H]1O. The van der Waals surface area contributed by atoms with Crippen molar-refractivity contribution in [3.05, 3.63) is 0 Å². The fraction of sp³-hybridized carbons (Fsp3) is 1.00. The molecule has 1 rings (SSSR count). The summed E-state index contributed by atoms with van der Waals surface area (Å²) in [5, 5.41) is 27.5. The number of hydrogen-bond donors (Lipinski definition) is 5. The summed E-state index contributed by atoms with van der Waals surface area (Å²) in [5.41, 5.74) is 10.5. The van der Waals surface area contributed by atoms with Gasteiger partial charge in [0.2, 0.25) is 0 Å². The third-order valence-corrected chi connectivity index (χ3v) is 1.87. The van der Waals surface area contributed by atoms with Gasteiger partial charge < -0.3 is 31.5 Å². The van der Waals surface area contributed by atoms with Crippen molar-refractivity contribution in [1.82, 2.24) is 0 Å². The lowest BCUT2D eigenvalue weighted by Gasteiger charge is -2.36. The van der Waals surface area contributed by atoms with E-state index in [0.717, 1.165) is 0 Å². The molecule has 0 bridgehead atoms. The molecule has 0 unspecified atom stereocenters. The molecule has 0 aromatic rings. The normalized spacial score (nSPS) is 43.5. The zero-order valence-corrected chi connectivity index (χ0v) is 6.50. The Hall–Kier alpha value is -0.240. The van der Waals surface area contributed by atoms with Gasteiger partial charge in [-0.3, -0.25) is 0 Å². The molecule has 0 aromatic heterocycles. The second kappa shape index (κ2) is 3.65. The summed E-state index contributed by atoms with van der Waals surface area (Å²) in [5.74, 6) is 0. The van der Waals surface area contributed by atoms with E-state index in [1.54, 1.807) is 0 Å². The van der Waals surface area contributed by atoms with E-state index in [1.807, 2.05) is 0 Å². The van der Waals surface area contributed by atoms with Crippen LogP contribution in [0.4, 0.5) is 0 Å². The van der Waals surface area contributed by atoms with E-state index in [2.05, 4.69) is 0 Å². The van der Waals surface area contributed by atoms with Gasteiger partial charge in [-0.25, -0.2) is 0 Å². The minimum absolute atomic E-state index is 0.0234. The summed E-state index contributed by atoms with van der Waals surface area (Å²) in [6.45, 7) is 0. The van der Waals surface area contributed by atoms with Gasteiger partial charge >= 0.3 is 0 Å². The highest BCUT2D eigenvalue weighted by Crippen LogP contribution is 2.19. The molecule has 6 nitrogen and oxygen atoms in total. The molecule has 6 heteroatoms. The van der Waals surface area contributed by atoms with Crippen LogP contribution in [0.15, 0.2) is 0 Å². The van der Waals surface area contributed by atoms with Gasteiger partial charge in [0.25, 0.3) is 0 Å². The van der Waals surface area contributed by atoms with Gasteiger partial charge in [0, 0.05) is 6.42 Å². The van der Waals surface area contributed by atoms with Crippen LogP contribution in [-0.2, 0) is 4.74 Å². The van der Waals surface area contributed by atoms with E-state index in [1.165, 1.54) is 0 Å². The fourth-order valence-corrected chi connectivity index (χ4v) is 1.20. The molecule has 1 saturated heterocycles. The number of aliphatic hydroxyl groups excluding tert-OH is 3. The molecule has 0 aromatic carbocycles. The molecule has 1 aliphatic rings. The molecular formula is C6H14N2O4. The first kappa shape index (κ1) is 9.85. The van der Waals surface area contributed by atoms with Crippen LogP contribution in [-0.4, -0.2) is 46.1 Å². The van der Waals surface area contributed by atoms with E-state index >= 15 is 0 Å². The first-order chi connectivity index (χ1) is 5.52. The van der Waals surface area contributed by atoms with Gasteiger partial charge in [0.15, 0.2) is 6.29 Å². The van der Waals surface area contributed by atoms with Crippen LogP contribution in [0.2, 0.25) is 0 Å². The van der Waals surface area contributed by atoms with Gasteiger partial charge in [0.05, 0.1) is 12.3 Å². The first-order valence-electron chi connectivity index (χ1n) is 3.73. The van der Waals surface area contributed by atoms with E-state index in [0.29, 0.717) is 0 Å².